The molecule has 17 heteroatoms. The van der Waals surface area contributed by atoms with Crippen LogP contribution in [0.1, 0.15) is 64.4 Å². The van der Waals surface area contributed by atoms with Crippen LogP contribution in [0.25, 0.3) is 10.8 Å². The molecule has 0 saturated carbocycles. The van der Waals surface area contributed by atoms with Crippen LogP contribution in [0.5, 0.6) is 23.0 Å². The maximum Gasteiger partial charge on any atom is 0.312 e. The fourth-order valence-corrected chi connectivity index (χ4v) is 7.99. The molecule has 61 heavy (non-hydrogen) atoms. The highest BCUT2D eigenvalue weighted by Gasteiger charge is 2.50. The quantitative estimate of drug-likeness (QED) is 0.204. The second-order valence-electron chi connectivity index (χ2n) is 16.2. The number of aliphatic hydroxyl groups is 2. The fourth-order valence-electron chi connectivity index (χ4n) is 7.99. The molecule has 6 rings (SSSR count). The van der Waals surface area contributed by atoms with Gasteiger partial charge in [-0.05, 0) is 19.9 Å². The van der Waals surface area contributed by atoms with Crippen LogP contribution in [0.15, 0.2) is 42.2 Å². The number of carbonyl (C=O) groups excluding carboxylic acids is 4. The number of ketones is 1. The van der Waals surface area contributed by atoms with Gasteiger partial charge >= 0.3 is 11.8 Å². The monoisotopic (exact) mass is 853 g/mol. The predicted octanol–water partition coefficient (Wildman–Crippen LogP) is 4.13. The summed E-state index contributed by atoms with van der Waals surface area (Å²) in [5.74, 6) is -8.24. The van der Waals surface area contributed by atoms with Crippen LogP contribution in [-0.4, -0.2) is 131 Å². The van der Waals surface area contributed by atoms with Crippen molar-refractivity contribution in [2.24, 2.45) is 23.7 Å². The molecule has 5 N–H and O–H groups in total. The minimum Gasteiger partial charge on any atom is -0.507 e. The number of morpholine rings is 1. The van der Waals surface area contributed by atoms with Crippen LogP contribution >= 0.6 is 0 Å². The number of likely N-dealkylation sites (N-methyl/N-ethyl adjacent to an activating group) is 1. The fraction of sp³-hybridized carbons (Fsp3) is 0.545. The van der Waals surface area contributed by atoms with Crippen molar-refractivity contribution in [2.75, 3.05) is 52.4 Å². The number of anilines is 1. The summed E-state index contributed by atoms with van der Waals surface area (Å²) in [5, 5.41) is 51.7. The minimum atomic E-state index is -2.04. The maximum absolute atomic E-state index is 14.5. The van der Waals surface area contributed by atoms with Crippen LogP contribution in [-0.2, 0) is 33.3 Å². The normalized spacial score (nSPS) is 31.0. The van der Waals surface area contributed by atoms with Crippen molar-refractivity contribution in [1.29, 1.82) is 0 Å². The largest absolute Gasteiger partial charge is 0.507 e. The molecule has 0 aromatic heterocycles. The molecule has 5 bridgehead atoms. The lowest BCUT2D eigenvalue weighted by atomic mass is 9.78. The van der Waals surface area contributed by atoms with E-state index in [1.165, 1.54) is 64.3 Å². The molecule has 0 spiro atoms. The molecule has 9 atom stereocenters. The molecule has 4 aliphatic rings. The molecule has 4 aliphatic heterocycles. The Labute approximate surface area is 355 Å². The summed E-state index contributed by atoms with van der Waals surface area (Å²) in [6.45, 7) is 13.8. The van der Waals surface area contributed by atoms with Crippen molar-refractivity contribution < 1.29 is 68.0 Å². The molecule has 0 radical (unpaired) electrons. The summed E-state index contributed by atoms with van der Waals surface area (Å²) in [6.07, 6.45) is 3.55. The average Bonchev–Trinajstić information content (AvgIpc) is 3.50. The number of Topliss-reactive ketones (excluding diaryl/α,β-unsaturated/α-hetero) is 1. The number of hydrogen-bond acceptors (Lipinski definition) is 15. The van der Waals surface area contributed by atoms with Crippen molar-refractivity contribution >= 4 is 40.0 Å². The molecular weight excluding hydrogens is 794 g/mol. The number of allylic oxidation sites excluding steroid dienone is 2. The number of esters is 1. The summed E-state index contributed by atoms with van der Waals surface area (Å²) >= 11 is 0. The van der Waals surface area contributed by atoms with E-state index in [0.717, 1.165) is 0 Å². The molecule has 2 aromatic rings. The number of fused-ring (bicyclic) bond motifs is 14. The van der Waals surface area contributed by atoms with Crippen LogP contribution < -0.4 is 14.8 Å². The maximum atomic E-state index is 14.5. The Hall–Kier alpha value is -5.20. The first-order valence-electron chi connectivity index (χ1n) is 20.3. The zero-order valence-electron chi connectivity index (χ0n) is 36.4. The van der Waals surface area contributed by atoms with E-state index < -0.39 is 95.5 Å². The highest BCUT2D eigenvalue weighted by atomic mass is 16.7. The summed E-state index contributed by atoms with van der Waals surface area (Å²) in [5.41, 5.74) is -0.0578. The van der Waals surface area contributed by atoms with Crippen molar-refractivity contribution in [3.63, 3.8) is 0 Å². The van der Waals surface area contributed by atoms with Crippen molar-refractivity contribution in [2.45, 2.75) is 85.6 Å². The number of ether oxygens (including phenoxy) is 6. The van der Waals surface area contributed by atoms with E-state index in [1.807, 2.05) is 0 Å². The minimum absolute atomic E-state index is 0.0671. The molecule has 9 unspecified atom stereocenters. The Kier molecular flexibility index (Phi) is 14.8. The van der Waals surface area contributed by atoms with E-state index in [4.69, 9.17) is 28.4 Å². The number of nitrogens with zero attached hydrogens (tertiary/aromatic N) is 2. The Bertz CT molecular complexity index is 2090. The lowest BCUT2D eigenvalue weighted by molar-refractivity contribution is -0.160. The van der Waals surface area contributed by atoms with Gasteiger partial charge in [-0.1, -0.05) is 45.9 Å². The van der Waals surface area contributed by atoms with Crippen LogP contribution in [0.2, 0.25) is 0 Å². The molecule has 2 amide bonds. The molecule has 4 heterocycles. The third-order valence-electron chi connectivity index (χ3n) is 11.9. The lowest BCUT2D eigenvalue weighted by Crippen LogP contribution is -2.50. The number of rotatable bonds is 6. The van der Waals surface area contributed by atoms with Gasteiger partial charge in [0.2, 0.25) is 0 Å². The first kappa shape index (κ1) is 46.9. The summed E-state index contributed by atoms with van der Waals surface area (Å²) in [7, 11) is 3.02. The van der Waals surface area contributed by atoms with E-state index in [1.54, 1.807) is 51.9 Å². The second-order valence-corrected chi connectivity index (χ2v) is 16.2. The van der Waals surface area contributed by atoms with Crippen LogP contribution in [0.4, 0.5) is 5.69 Å². The smallest absolute Gasteiger partial charge is 0.312 e. The zero-order valence-corrected chi connectivity index (χ0v) is 36.4. The Morgan fingerprint density at radius 2 is 1.66 bits per heavy atom. The number of phenols is 2. The summed E-state index contributed by atoms with van der Waals surface area (Å²) in [6, 6.07) is 1.26. The van der Waals surface area contributed by atoms with Gasteiger partial charge in [-0.15, -0.1) is 0 Å². The number of hydrazine groups is 1. The average molecular weight is 854 g/mol. The Morgan fingerprint density at radius 1 is 0.984 bits per heavy atom. The van der Waals surface area contributed by atoms with Gasteiger partial charge in [0.05, 0.1) is 54.4 Å². The van der Waals surface area contributed by atoms with Gasteiger partial charge in [0, 0.05) is 87.4 Å². The molecule has 0 aliphatic carbocycles. The second kappa shape index (κ2) is 19.2. The van der Waals surface area contributed by atoms with Gasteiger partial charge in [0.25, 0.3) is 17.6 Å². The number of carbonyl (C=O) groups is 4. The summed E-state index contributed by atoms with van der Waals surface area (Å²) in [4.78, 5) is 53.9. The highest BCUT2D eigenvalue weighted by molar-refractivity contribution is 6.21. The molecule has 2 aromatic carbocycles. The summed E-state index contributed by atoms with van der Waals surface area (Å²) < 4.78 is 35.2. The number of nitrogens with one attached hydrogen (secondary N) is 1. The van der Waals surface area contributed by atoms with Gasteiger partial charge in [0.1, 0.15) is 23.4 Å². The van der Waals surface area contributed by atoms with E-state index in [9.17, 15) is 39.6 Å². The predicted molar refractivity (Wildman–Crippen MR) is 223 cm³/mol. The van der Waals surface area contributed by atoms with E-state index in [-0.39, 0.29) is 44.7 Å². The van der Waals surface area contributed by atoms with Gasteiger partial charge < -0.3 is 54.2 Å². The SMILES string of the molecule is COC1/C=C/OC2(C)Oc3c(C)c(O)c4c(O)c(cc(OCC(=O)N(C)N5CCOCC5)c4c3C2=O)NC(=O)/C(C)=C/C=C/C(C)C(O)C(C)C(O)C(C)C(OC(C)=O)C1C. The number of aliphatic hydroxyl groups excluding tert-OH is 2. The van der Waals surface area contributed by atoms with Crippen LogP contribution in [0, 0.1) is 30.6 Å². The third kappa shape index (κ3) is 9.65. The van der Waals surface area contributed by atoms with E-state index in [2.05, 4.69) is 5.32 Å². The Balaban J connectivity index is 1.65. The van der Waals surface area contributed by atoms with Gasteiger partial charge in [-0.25, -0.2) is 5.01 Å². The van der Waals surface area contributed by atoms with Gasteiger partial charge in [-0.2, -0.15) is 0 Å². The number of aromatic hydroxyl groups is 2. The van der Waals surface area contributed by atoms with Crippen molar-refractivity contribution in [1.82, 2.24) is 10.0 Å². The van der Waals surface area contributed by atoms with Gasteiger partial charge in [-0.3, -0.25) is 24.2 Å². The van der Waals surface area contributed by atoms with Crippen molar-refractivity contribution in [3.8, 4) is 23.0 Å². The molecule has 1 fully saturated rings. The first-order valence-corrected chi connectivity index (χ1v) is 20.3. The molecule has 1 saturated heterocycles. The third-order valence-corrected chi connectivity index (χ3v) is 11.9. The number of hydrogen-bond donors (Lipinski definition) is 5. The lowest BCUT2D eigenvalue weighted by Gasteiger charge is -2.38. The standard InChI is InChI=1S/C44H59N3O14/c1-22-12-11-13-23(2)43(55)45-29-20-31(58-21-32(49)46(9)47-15-18-57-19-16-47)33-34(39(29)53)38(52)27(6)41-35(33)42(54)44(8,61-41)59-17-14-30(56-10)24(3)40(60-28(7)48)26(5)37(51)25(4)36(22)50/h11-14,17,20,22,24-26,30,36-37,40,50-53H,15-16,18-19,21H2,1-10H3,(H,45,55)/b12-11+,17-14+,23-13+. The zero-order chi connectivity index (χ0) is 45.1. The van der Waals surface area contributed by atoms with Crippen LogP contribution in [0.3, 0.4) is 0 Å². The van der Waals surface area contributed by atoms with E-state index in [0.29, 0.717) is 26.3 Å². The highest BCUT2D eigenvalue weighted by Crippen LogP contribution is 2.54. The van der Waals surface area contributed by atoms with Crippen molar-refractivity contribution in [3.05, 3.63) is 53.3 Å². The molecule has 334 valence electrons. The number of methoxy groups -OCH3 is 1. The number of amides is 2. The first-order chi connectivity index (χ1) is 28.7. The molecule has 17 nitrogen and oxygen atoms in total. The topological polar surface area (TPSA) is 223 Å². The number of benzene rings is 2. The molecular formula is C44H59N3O14. The Morgan fingerprint density at radius 3 is 2.30 bits per heavy atom. The van der Waals surface area contributed by atoms with Gasteiger partial charge in [0.15, 0.2) is 12.4 Å². The number of phenolic OH excluding ortho intramolecular Hbond substituents is 2. The van der Waals surface area contributed by atoms with E-state index >= 15 is 0 Å².